The first kappa shape index (κ1) is 42.7. The Labute approximate surface area is 325 Å². The summed E-state index contributed by atoms with van der Waals surface area (Å²) in [6.07, 6.45) is 27.3. The molecule has 0 heterocycles. The second-order valence-electron chi connectivity index (χ2n) is 14.1. The minimum atomic E-state index is -0.299. The first-order chi connectivity index (χ1) is 23.8. The molecule has 49 heavy (non-hydrogen) atoms. The van der Waals surface area contributed by atoms with Gasteiger partial charge in [-0.1, -0.05) is 158 Å². The van der Waals surface area contributed by atoms with Gasteiger partial charge in [0.2, 0.25) is 0 Å². The minimum Gasteiger partial charge on any atom is 0 e. The van der Waals surface area contributed by atoms with Crippen LogP contribution >= 0.6 is 26.0 Å². The number of nitrogens with zero attached hydrogens (tertiary/aromatic N) is 1. The molecule has 3 atom stereocenters. The van der Waals surface area contributed by atoms with E-state index >= 15 is 0 Å². The smallest absolute Gasteiger partial charge is 0 e. The predicted molar refractivity (Wildman–Crippen MR) is 209 cm³/mol. The van der Waals surface area contributed by atoms with Crippen LogP contribution in [0, 0.1) is 23.3 Å². The van der Waals surface area contributed by atoms with Gasteiger partial charge in [-0.15, -0.1) is 0 Å². The van der Waals surface area contributed by atoms with E-state index in [2.05, 4.69) is 98.4 Å². The summed E-state index contributed by atoms with van der Waals surface area (Å²) in [5.41, 5.74) is 4.69. The number of hydrogen-bond donors (Lipinski definition) is 0. The van der Waals surface area contributed by atoms with Crippen LogP contribution < -0.4 is 10.6 Å². The second-order valence-corrected chi connectivity index (χ2v) is 19.7. The Hall–Kier alpha value is -0.687. The van der Waals surface area contributed by atoms with Gasteiger partial charge in [-0.3, -0.25) is 0 Å². The second kappa shape index (κ2) is 25.3. The quantitative estimate of drug-likeness (QED) is 0.133. The van der Waals surface area contributed by atoms with Crippen molar-refractivity contribution in [3.8, 4) is 6.07 Å². The third-order valence-corrected chi connectivity index (χ3v) is 18.1. The summed E-state index contributed by atoms with van der Waals surface area (Å²) in [6.45, 7) is 2.66. The Morgan fingerprint density at radius 2 is 1.06 bits per heavy atom. The number of benzene rings is 3. The van der Waals surface area contributed by atoms with Crippen LogP contribution in [0.1, 0.15) is 128 Å². The predicted octanol–water partition coefficient (Wildman–Crippen LogP) is 12.8. The fourth-order valence-corrected chi connectivity index (χ4v) is 16.9. The van der Waals surface area contributed by atoms with Gasteiger partial charge < -0.3 is 0 Å². The Bertz CT molecular complexity index is 1210. The molecule has 0 aromatic heterocycles. The molecule has 0 radical (unpaired) electrons. The van der Waals surface area contributed by atoms with E-state index in [0.717, 1.165) is 28.6 Å². The molecule has 0 N–H and O–H groups in total. The van der Waals surface area contributed by atoms with Gasteiger partial charge in [-0.05, 0) is 85.6 Å². The number of nitriles is 1. The summed E-state index contributed by atoms with van der Waals surface area (Å²) in [4.78, 5) is 0. The zero-order valence-corrected chi connectivity index (χ0v) is 34.2. The molecule has 7 rings (SSSR count). The first-order valence-corrected chi connectivity index (χ1v) is 23.2. The Morgan fingerprint density at radius 3 is 1.47 bits per heavy atom. The summed E-state index contributed by atoms with van der Waals surface area (Å²) in [5.74, 6) is 0.937. The zero-order chi connectivity index (χ0) is 33.8. The van der Waals surface area contributed by atoms with Crippen molar-refractivity contribution in [1.29, 1.82) is 5.26 Å². The Morgan fingerprint density at radius 1 is 0.633 bits per heavy atom. The SMILES string of the molecule is C1CCCC1.C[C@H](C1CCCC1P(C1CCCCC1)C1CCCCC1)P(c1ccccc1)c1ccccc1.N#Cc1cc[c-]cc1.[Cl][Ni].[Fe]. The van der Waals surface area contributed by atoms with E-state index in [1.807, 2.05) is 6.07 Å². The van der Waals surface area contributed by atoms with Crippen molar-refractivity contribution in [2.24, 2.45) is 5.92 Å². The fraction of sp³-hybridized carbons (Fsp3) is 0.558. The molecule has 0 bridgehead atoms. The molecular weight excluding hydrogens is 742 g/mol. The van der Waals surface area contributed by atoms with Crippen molar-refractivity contribution in [2.75, 3.05) is 0 Å². The van der Waals surface area contributed by atoms with Crippen molar-refractivity contribution in [3.05, 3.63) is 96.6 Å². The van der Waals surface area contributed by atoms with Gasteiger partial charge in [0, 0.05) is 17.1 Å². The van der Waals surface area contributed by atoms with Crippen LogP contribution in [0.3, 0.4) is 0 Å². The molecule has 3 aromatic carbocycles. The maximum atomic E-state index is 8.27. The first-order valence-electron chi connectivity index (χ1n) is 18.9. The number of rotatable bonds is 7. The van der Waals surface area contributed by atoms with Crippen LogP contribution in [0.5, 0.6) is 0 Å². The molecule has 0 amide bonds. The number of hydrogen-bond acceptors (Lipinski definition) is 1. The third-order valence-electron chi connectivity index (χ3n) is 11.1. The van der Waals surface area contributed by atoms with Crippen LogP contribution in [0.15, 0.2) is 84.9 Å². The molecule has 3 aromatic rings. The molecule has 4 aliphatic rings. The van der Waals surface area contributed by atoms with E-state index in [-0.39, 0.29) is 32.9 Å². The molecule has 1 nitrogen and oxygen atoms in total. The summed E-state index contributed by atoms with van der Waals surface area (Å²) >= 11 is 3.35. The fourth-order valence-electron chi connectivity index (χ4n) is 8.83. The van der Waals surface area contributed by atoms with Gasteiger partial charge in [0.1, 0.15) is 0 Å². The normalized spacial score (nSPS) is 21.5. The van der Waals surface area contributed by atoms with Crippen molar-refractivity contribution in [1.82, 2.24) is 0 Å². The van der Waals surface area contributed by atoms with Crippen molar-refractivity contribution in [2.45, 2.75) is 145 Å². The van der Waals surface area contributed by atoms with Gasteiger partial charge in [-0.25, -0.2) is 0 Å². The maximum Gasteiger partial charge on any atom is 0 e. The molecule has 0 spiro atoms. The van der Waals surface area contributed by atoms with Gasteiger partial charge >= 0.3 is 24.8 Å². The van der Waals surface area contributed by atoms with Gasteiger partial charge in [0.25, 0.3) is 0 Å². The van der Waals surface area contributed by atoms with Gasteiger partial charge in [0.15, 0.2) is 0 Å². The summed E-state index contributed by atoms with van der Waals surface area (Å²) in [6, 6.07) is 34.8. The largest absolute Gasteiger partial charge is 0 e. The summed E-state index contributed by atoms with van der Waals surface area (Å²) in [7, 11) is 4.14. The van der Waals surface area contributed by atoms with Crippen molar-refractivity contribution >= 4 is 36.6 Å². The average Bonchev–Trinajstić information content (AvgIpc) is 3.92. The Balaban J connectivity index is 0.000000337. The van der Waals surface area contributed by atoms with Gasteiger partial charge in [-0.2, -0.15) is 35.6 Å². The molecule has 4 saturated carbocycles. The van der Waals surface area contributed by atoms with Crippen LogP contribution in [-0.4, -0.2) is 22.6 Å². The zero-order valence-electron chi connectivity index (χ0n) is 29.6. The monoisotopic (exact) mass is 799 g/mol. The molecular formula is C43H58ClFeNNiP2-. The average molecular weight is 801 g/mol. The summed E-state index contributed by atoms with van der Waals surface area (Å²) < 4.78 is 0. The standard InChI is InChI=1S/C31H44P2.C7H4N.C5H10.ClH.Fe.Ni/c1-25(32(26-15-6-2-7-16-26)27-17-8-3-9-18-27)30-23-14-24-31(30)33(28-19-10-4-11-20-28)29-21-12-5-13-22-29;8-6-7-4-2-1-3-5-7;1-2-4-5-3-1;;;/h2-3,6-9,15-18,25,28-31H,4-5,10-14,19-24H2,1H3;2-5H;1-5H2;1H;;/q;-1;;;;+1/p-1/t25-,30?,31?;;;;;/m1...../s1. The van der Waals surface area contributed by atoms with E-state index in [4.69, 9.17) is 5.26 Å². The van der Waals surface area contributed by atoms with Gasteiger partial charge in [0.05, 0.1) is 6.07 Å². The minimum absolute atomic E-state index is 0. The van der Waals surface area contributed by atoms with E-state index in [1.165, 1.54) is 83.5 Å². The molecule has 271 valence electrons. The molecule has 6 heteroatoms. The van der Waals surface area contributed by atoms with Crippen molar-refractivity contribution < 1.29 is 31.6 Å². The molecule has 0 saturated heterocycles. The maximum absolute atomic E-state index is 8.27. The van der Waals surface area contributed by atoms with Crippen LogP contribution in [-0.2, 0) is 31.6 Å². The molecule has 4 aliphatic carbocycles. The van der Waals surface area contributed by atoms with Crippen molar-refractivity contribution in [3.63, 3.8) is 0 Å². The topological polar surface area (TPSA) is 23.8 Å². The van der Waals surface area contributed by atoms with E-state index in [9.17, 15) is 0 Å². The van der Waals surface area contributed by atoms with Crippen LogP contribution in [0.25, 0.3) is 0 Å². The van der Waals surface area contributed by atoms with Crippen LogP contribution in [0.4, 0.5) is 0 Å². The van der Waals surface area contributed by atoms with Crippen LogP contribution in [0.2, 0.25) is 0 Å². The third kappa shape index (κ3) is 13.7. The van der Waals surface area contributed by atoms with E-state index < -0.39 is 0 Å². The van der Waals surface area contributed by atoms with E-state index in [1.54, 1.807) is 67.0 Å². The van der Waals surface area contributed by atoms with E-state index in [0.29, 0.717) is 5.56 Å². The number of halogens is 1. The Kier molecular flexibility index (Phi) is 22.1. The molecule has 4 fully saturated rings. The molecule has 2 unspecified atom stereocenters. The summed E-state index contributed by atoms with van der Waals surface area (Å²) in [5, 5.41) is 11.5. The molecule has 0 aliphatic heterocycles.